The minimum atomic E-state index is -0.456. The Hall–Kier alpha value is -2.67. The Morgan fingerprint density at radius 2 is 2.00 bits per heavy atom. The van der Waals surface area contributed by atoms with Gasteiger partial charge in [0.2, 0.25) is 0 Å². The molecule has 0 fully saturated rings. The molecular formula is C17H18N2O4S. The highest BCUT2D eigenvalue weighted by atomic mass is 32.1. The molecule has 0 aliphatic rings. The van der Waals surface area contributed by atoms with Crippen LogP contribution in [0.3, 0.4) is 0 Å². The van der Waals surface area contributed by atoms with Crippen molar-refractivity contribution in [2.75, 3.05) is 18.5 Å². The maximum absolute atomic E-state index is 11.8. The first-order chi connectivity index (χ1) is 11.6. The molecule has 2 aromatic rings. The minimum Gasteiger partial charge on any atom is -0.455 e. The fraction of sp³-hybridized carbons (Fsp3) is 0.235. The molecule has 1 heterocycles. The van der Waals surface area contributed by atoms with Gasteiger partial charge < -0.3 is 15.4 Å². The summed E-state index contributed by atoms with van der Waals surface area (Å²) in [5, 5.41) is 7.16. The van der Waals surface area contributed by atoms with Crippen LogP contribution in [-0.2, 0) is 20.7 Å². The molecule has 0 bridgehead atoms. The molecule has 2 rings (SSSR count). The molecule has 2 amide bonds. The maximum atomic E-state index is 11.8. The molecule has 1 aromatic heterocycles. The number of amides is 2. The fourth-order valence-corrected chi connectivity index (χ4v) is 2.64. The number of nitrogens with one attached hydrogen (secondary N) is 2. The molecule has 7 heteroatoms. The largest absolute Gasteiger partial charge is 0.455 e. The van der Waals surface area contributed by atoms with Crippen molar-refractivity contribution in [1.29, 1.82) is 0 Å². The Kier molecular flexibility index (Phi) is 6.51. The maximum Gasteiger partial charge on any atom is 0.311 e. The number of carbonyl (C=O) groups is 3. The number of hydrogen-bond donors (Lipinski definition) is 2. The molecule has 0 aliphatic carbocycles. The quantitative estimate of drug-likeness (QED) is 0.753. The lowest BCUT2D eigenvalue weighted by Crippen LogP contribution is -2.23. The summed E-state index contributed by atoms with van der Waals surface area (Å²) in [5.74, 6) is -1.12. The Bertz CT molecular complexity index is 713. The van der Waals surface area contributed by atoms with Gasteiger partial charge in [0.05, 0.1) is 6.42 Å². The third-order valence-electron chi connectivity index (χ3n) is 3.01. The van der Waals surface area contributed by atoms with E-state index in [4.69, 9.17) is 4.74 Å². The van der Waals surface area contributed by atoms with Crippen molar-refractivity contribution in [2.24, 2.45) is 0 Å². The zero-order valence-corrected chi connectivity index (χ0v) is 14.0. The van der Waals surface area contributed by atoms with Crippen molar-refractivity contribution in [3.63, 3.8) is 0 Å². The molecule has 0 aliphatic heterocycles. The fourth-order valence-electron chi connectivity index (χ4n) is 1.95. The van der Waals surface area contributed by atoms with Crippen molar-refractivity contribution >= 4 is 34.8 Å². The predicted molar refractivity (Wildman–Crippen MR) is 92.1 cm³/mol. The highest BCUT2D eigenvalue weighted by molar-refractivity contribution is 7.10. The van der Waals surface area contributed by atoms with E-state index in [1.807, 2.05) is 24.4 Å². The van der Waals surface area contributed by atoms with Crippen molar-refractivity contribution in [1.82, 2.24) is 5.32 Å². The number of rotatable bonds is 7. The summed E-state index contributed by atoms with van der Waals surface area (Å²) in [6.45, 7) is 1.99. The molecule has 24 heavy (non-hydrogen) atoms. The molecule has 0 saturated carbocycles. The average molecular weight is 346 g/mol. The van der Waals surface area contributed by atoms with Crippen molar-refractivity contribution in [3.05, 3.63) is 52.2 Å². The van der Waals surface area contributed by atoms with Crippen LogP contribution < -0.4 is 10.6 Å². The van der Waals surface area contributed by atoms with Crippen LogP contribution in [-0.4, -0.2) is 30.9 Å². The standard InChI is InChI=1S/C17H18N2O4S/c1-2-18-17(22)12-5-3-6-13(9-12)19-15(20)11-23-16(21)10-14-7-4-8-24-14/h3-9H,2,10-11H2,1H3,(H,18,22)(H,19,20). The molecular weight excluding hydrogens is 328 g/mol. The Balaban J connectivity index is 1.82. The number of hydrogen-bond acceptors (Lipinski definition) is 5. The van der Waals surface area contributed by atoms with Gasteiger partial charge >= 0.3 is 5.97 Å². The minimum absolute atomic E-state index is 0.150. The first kappa shape index (κ1) is 17.7. The normalized spacial score (nSPS) is 10.0. The molecule has 0 spiro atoms. The zero-order valence-electron chi connectivity index (χ0n) is 13.2. The predicted octanol–water partition coefficient (Wildman–Crippen LogP) is 2.22. The molecule has 126 valence electrons. The molecule has 0 unspecified atom stereocenters. The number of ether oxygens (including phenoxy) is 1. The lowest BCUT2D eigenvalue weighted by Gasteiger charge is -2.08. The molecule has 0 atom stereocenters. The average Bonchev–Trinajstić information content (AvgIpc) is 3.06. The van der Waals surface area contributed by atoms with E-state index in [9.17, 15) is 14.4 Å². The number of thiophene rings is 1. The van der Waals surface area contributed by atoms with Crippen LogP contribution in [0.5, 0.6) is 0 Å². The van der Waals surface area contributed by atoms with Crippen LogP contribution >= 0.6 is 11.3 Å². The van der Waals surface area contributed by atoms with Gasteiger partial charge in [0, 0.05) is 22.7 Å². The second-order valence-electron chi connectivity index (χ2n) is 4.91. The highest BCUT2D eigenvalue weighted by Crippen LogP contribution is 2.11. The monoisotopic (exact) mass is 346 g/mol. The van der Waals surface area contributed by atoms with Crippen molar-refractivity contribution < 1.29 is 19.1 Å². The molecule has 6 nitrogen and oxygen atoms in total. The number of anilines is 1. The number of benzene rings is 1. The zero-order chi connectivity index (χ0) is 17.4. The van der Waals surface area contributed by atoms with Gasteiger partial charge in [0.25, 0.3) is 11.8 Å². The van der Waals surface area contributed by atoms with Gasteiger partial charge in [0.1, 0.15) is 0 Å². The van der Waals surface area contributed by atoms with Gasteiger partial charge in [-0.1, -0.05) is 12.1 Å². The van der Waals surface area contributed by atoms with Gasteiger partial charge in [-0.3, -0.25) is 14.4 Å². The summed E-state index contributed by atoms with van der Waals surface area (Å²) in [4.78, 5) is 36.1. The lowest BCUT2D eigenvalue weighted by molar-refractivity contribution is -0.146. The van der Waals surface area contributed by atoms with Gasteiger partial charge in [-0.2, -0.15) is 0 Å². The van der Waals surface area contributed by atoms with E-state index >= 15 is 0 Å². The smallest absolute Gasteiger partial charge is 0.311 e. The summed E-state index contributed by atoms with van der Waals surface area (Å²) in [7, 11) is 0. The van der Waals surface area contributed by atoms with Gasteiger partial charge in [-0.15, -0.1) is 11.3 Å². The summed E-state index contributed by atoms with van der Waals surface area (Å²) >= 11 is 1.46. The molecule has 0 radical (unpaired) electrons. The van der Waals surface area contributed by atoms with Crippen LogP contribution in [0.25, 0.3) is 0 Å². The van der Waals surface area contributed by atoms with Crippen LogP contribution in [0.2, 0.25) is 0 Å². The number of carbonyl (C=O) groups excluding carboxylic acids is 3. The van der Waals surface area contributed by atoms with Crippen LogP contribution in [0.15, 0.2) is 41.8 Å². The SMILES string of the molecule is CCNC(=O)c1cccc(NC(=O)COC(=O)Cc2cccs2)c1. The van der Waals surface area contributed by atoms with E-state index < -0.39 is 11.9 Å². The molecule has 2 N–H and O–H groups in total. The van der Waals surface area contributed by atoms with E-state index in [0.29, 0.717) is 17.8 Å². The van der Waals surface area contributed by atoms with Gasteiger partial charge in [-0.25, -0.2) is 0 Å². The number of esters is 1. The van der Waals surface area contributed by atoms with E-state index in [1.54, 1.807) is 24.3 Å². The van der Waals surface area contributed by atoms with Gasteiger partial charge in [0.15, 0.2) is 6.61 Å². The first-order valence-corrected chi connectivity index (χ1v) is 8.32. The van der Waals surface area contributed by atoms with Gasteiger partial charge in [-0.05, 0) is 36.6 Å². The molecule has 1 aromatic carbocycles. The third kappa shape index (κ3) is 5.51. The van der Waals surface area contributed by atoms with Crippen LogP contribution in [0.1, 0.15) is 22.2 Å². The van der Waals surface area contributed by atoms with E-state index in [1.165, 1.54) is 11.3 Å². The second kappa shape index (κ2) is 8.83. The van der Waals surface area contributed by atoms with Crippen LogP contribution in [0.4, 0.5) is 5.69 Å². The molecule has 0 saturated heterocycles. The Morgan fingerprint density at radius 3 is 2.71 bits per heavy atom. The highest BCUT2D eigenvalue weighted by Gasteiger charge is 2.10. The third-order valence-corrected chi connectivity index (χ3v) is 3.89. The van der Waals surface area contributed by atoms with Crippen LogP contribution in [0, 0.1) is 0 Å². The lowest BCUT2D eigenvalue weighted by atomic mass is 10.2. The summed E-state index contributed by atoms with van der Waals surface area (Å²) in [5.41, 5.74) is 0.919. The van der Waals surface area contributed by atoms with E-state index in [2.05, 4.69) is 10.6 Å². The summed E-state index contributed by atoms with van der Waals surface area (Å²) < 4.78 is 4.94. The topological polar surface area (TPSA) is 84.5 Å². The second-order valence-corrected chi connectivity index (χ2v) is 5.94. The Morgan fingerprint density at radius 1 is 1.17 bits per heavy atom. The summed E-state index contributed by atoms with van der Waals surface area (Å²) in [6.07, 6.45) is 0.150. The first-order valence-electron chi connectivity index (χ1n) is 7.44. The Labute approximate surface area is 143 Å². The summed E-state index contributed by atoms with van der Waals surface area (Å²) in [6, 6.07) is 10.2. The van der Waals surface area contributed by atoms with Crippen molar-refractivity contribution in [2.45, 2.75) is 13.3 Å². The van der Waals surface area contributed by atoms with Crippen molar-refractivity contribution in [3.8, 4) is 0 Å². The van der Waals surface area contributed by atoms with E-state index in [-0.39, 0.29) is 18.9 Å². The van der Waals surface area contributed by atoms with E-state index in [0.717, 1.165) is 4.88 Å².